The van der Waals surface area contributed by atoms with Gasteiger partial charge in [-0.25, -0.2) is 9.97 Å². The quantitative estimate of drug-likeness (QED) is 0.825. The number of amides is 2. The lowest BCUT2D eigenvalue weighted by atomic mass is 10.1. The Labute approximate surface area is 134 Å². The third-order valence-electron chi connectivity index (χ3n) is 2.98. The van der Waals surface area contributed by atoms with E-state index in [1.54, 1.807) is 4.90 Å². The summed E-state index contributed by atoms with van der Waals surface area (Å²) < 4.78 is 0. The number of benzene rings is 1. The van der Waals surface area contributed by atoms with Crippen LogP contribution in [0.5, 0.6) is 0 Å². The van der Waals surface area contributed by atoms with Crippen LogP contribution in [-0.4, -0.2) is 42.4 Å². The molecular weight excluding hydrogens is 294 g/mol. The van der Waals surface area contributed by atoms with Crippen LogP contribution in [0.25, 0.3) is 0 Å². The van der Waals surface area contributed by atoms with Gasteiger partial charge in [0.05, 0.1) is 31.0 Å². The highest BCUT2D eigenvalue weighted by molar-refractivity contribution is 5.94. The zero-order valence-corrected chi connectivity index (χ0v) is 13.1. The van der Waals surface area contributed by atoms with Crippen molar-refractivity contribution in [2.24, 2.45) is 0 Å². The Bertz CT molecular complexity index is 656. The van der Waals surface area contributed by atoms with Crippen molar-refractivity contribution in [1.82, 2.24) is 15.3 Å². The smallest absolute Gasteiger partial charge is 0.243 e. The minimum absolute atomic E-state index is 0.0961. The number of carbonyl (C=O) groups is 2. The lowest BCUT2D eigenvalue weighted by Gasteiger charge is -2.10. The predicted octanol–water partition coefficient (Wildman–Crippen LogP) is 0.840. The van der Waals surface area contributed by atoms with Gasteiger partial charge in [-0.15, -0.1) is 0 Å². The van der Waals surface area contributed by atoms with Crippen LogP contribution >= 0.6 is 0 Å². The van der Waals surface area contributed by atoms with E-state index in [4.69, 9.17) is 0 Å². The summed E-state index contributed by atoms with van der Waals surface area (Å²) in [6.07, 6.45) is 3.28. The van der Waals surface area contributed by atoms with Crippen LogP contribution in [0.1, 0.15) is 5.56 Å². The molecule has 7 heteroatoms. The molecule has 1 aromatic heterocycles. The summed E-state index contributed by atoms with van der Waals surface area (Å²) in [5.74, 6) is 0.0253. The number of anilines is 2. The Morgan fingerprint density at radius 2 is 1.70 bits per heavy atom. The Morgan fingerprint density at radius 3 is 2.30 bits per heavy atom. The van der Waals surface area contributed by atoms with Crippen LogP contribution in [0, 0.1) is 0 Å². The monoisotopic (exact) mass is 313 g/mol. The fraction of sp³-hybridized carbons (Fsp3) is 0.250. The lowest BCUT2D eigenvalue weighted by Crippen LogP contribution is -2.33. The average Bonchev–Trinajstić information content (AvgIpc) is 2.54. The number of nitrogens with zero attached hydrogens (tertiary/aromatic N) is 3. The molecule has 2 N–H and O–H groups in total. The molecule has 0 spiro atoms. The van der Waals surface area contributed by atoms with E-state index in [1.807, 2.05) is 44.4 Å². The van der Waals surface area contributed by atoms with Gasteiger partial charge in [0.1, 0.15) is 0 Å². The molecule has 0 aliphatic carbocycles. The fourth-order valence-corrected chi connectivity index (χ4v) is 1.84. The molecule has 0 saturated carbocycles. The normalized spacial score (nSPS) is 10.0. The molecule has 0 atom stereocenters. The van der Waals surface area contributed by atoms with Crippen LogP contribution in [0.4, 0.5) is 11.6 Å². The molecular formula is C16H19N5O2. The summed E-state index contributed by atoms with van der Waals surface area (Å²) in [4.78, 5) is 33.5. The number of nitrogens with one attached hydrogen (secondary N) is 2. The first-order valence-corrected chi connectivity index (χ1v) is 7.14. The second kappa shape index (κ2) is 7.88. The van der Waals surface area contributed by atoms with Crippen molar-refractivity contribution in [3.8, 4) is 0 Å². The second-order valence-corrected chi connectivity index (χ2v) is 5.15. The third-order valence-corrected chi connectivity index (χ3v) is 2.98. The topological polar surface area (TPSA) is 87.2 Å². The van der Waals surface area contributed by atoms with Crippen molar-refractivity contribution < 1.29 is 9.59 Å². The van der Waals surface area contributed by atoms with Gasteiger partial charge in [-0.1, -0.05) is 30.3 Å². The summed E-state index contributed by atoms with van der Waals surface area (Å²) in [7, 11) is 3.66. The van der Waals surface area contributed by atoms with E-state index >= 15 is 0 Å². The van der Waals surface area contributed by atoms with Crippen LogP contribution in [0.3, 0.4) is 0 Å². The van der Waals surface area contributed by atoms with Crippen molar-refractivity contribution in [3.05, 3.63) is 48.3 Å². The summed E-state index contributed by atoms with van der Waals surface area (Å²) >= 11 is 0. The second-order valence-electron chi connectivity index (χ2n) is 5.15. The van der Waals surface area contributed by atoms with Crippen molar-refractivity contribution >= 4 is 23.5 Å². The number of aromatic nitrogens is 2. The molecule has 0 aliphatic rings. The van der Waals surface area contributed by atoms with Gasteiger partial charge < -0.3 is 15.5 Å². The Kier molecular flexibility index (Phi) is 5.62. The first-order valence-electron chi connectivity index (χ1n) is 7.14. The zero-order chi connectivity index (χ0) is 16.7. The van der Waals surface area contributed by atoms with E-state index < -0.39 is 0 Å². The summed E-state index contributed by atoms with van der Waals surface area (Å²) in [5.41, 5.74) is 1.39. The molecule has 7 nitrogen and oxygen atoms in total. The van der Waals surface area contributed by atoms with Gasteiger partial charge in [-0.2, -0.15) is 0 Å². The maximum Gasteiger partial charge on any atom is 0.243 e. The maximum atomic E-state index is 11.8. The van der Waals surface area contributed by atoms with Gasteiger partial charge in [0, 0.05) is 14.1 Å². The molecule has 0 bridgehead atoms. The molecule has 1 aromatic carbocycles. The molecule has 0 unspecified atom stereocenters. The molecule has 0 saturated heterocycles. The molecule has 0 fully saturated rings. The number of rotatable bonds is 6. The predicted molar refractivity (Wildman–Crippen MR) is 88.1 cm³/mol. The molecule has 23 heavy (non-hydrogen) atoms. The van der Waals surface area contributed by atoms with Gasteiger partial charge in [0.15, 0.2) is 0 Å². The average molecular weight is 313 g/mol. The molecule has 0 radical (unpaired) electrons. The molecule has 2 aromatic rings. The van der Waals surface area contributed by atoms with Gasteiger partial charge in [-0.05, 0) is 5.56 Å². The van der Waals surface area contributed by atoms with Crippen LogP contribution in [0.2, 0.25) is 0 Å². The first kappa shape index (κ1) is 16.4. The molecule has 1 heterocycles. The number of carbonyl (C=O) groups excluding carboxylic acids is 2. The summed E-state index contributed by atoms with van der Waals surface area (Å²) in [6, 6.07) is 9.35. The van der Waals surface area contributed by atoms with Gasteiger partial charge in [-0.3, -0.25) is 9.59 Å². The maximum absolute atomic E-state index is 11.8. The van der Waals surface area contributed by atoms with Gasteiger partial charge >= 0.3 is 0 Å². The van der Waals surface area contributed by atoms with E-state index in [0.29, 0.717) is 11.6 Å². The van der Waals surface area contributed by atoms with Crippen LogP contribution in [-0.2, 0) is 16.0 Å². The molecule has 2 rings (SSSR count). The molecule has 120 valence electrons. The Morgan fingerprint density at radius 1 is 1.04 bits per heavy atom. The molecule has 2 amide bonds. The zero-order valence-electron chi connectivity index (χ0n) is 13.1. The van der Waals surface area contributed by atoms with Gasteiger partial charge in [0.25, 0.3) is 0 Å². The summed E-state index contributed by atoms with van der Waals surface area (Å²) in [6.45, 7) is -0.0961. The van der Waals surface area contributed by atoms with Crippen molar-refractivity contribution in [1.29, 1.82) is 0 Å². The van der Waals surface area contributed by atoms with E-state index in [2.05, 4.69) is 20.6 Å². The Balaban J connectivity index is 1.77. The first-order chi connectivity index (χ1) is 11.0. The third kappa shape index (κ3) is 5.39. The number of hydrogen-bond acceptors (Lipinski definition) is 5. The standard InChI is InChI=1S/C16H19N5O2/c1-21(2)16-18-9-13(10-19-16)20-15(23)11-17-14(22)8-12-6-4-3-5-7-12/h3-7,9-10H,8,11H2,1-2H3,(H,17,22)(H,20,23). The van der Waals surface area contributed by atoms with E-state index in [0.717, 1.165) is 5.56 Å². The number of hydrogen-bond donors (Lipinski definition) is 2. The lowest BCUT2D eigenvalue weighted by molar-refractivity contribution is -0.123. The fourth-order valence-electron chi connectivity index (χ4n) is 1.84. The van der Waals surface area contributed by atoms with Gasteiger partial charge in [0.2, 0.25) is 17.8 Å². The van der Waals surface area contributed by atoms with Crippen LogP contribution < -0.4 is 15.5 Å². The minimum Gasteiger partial charge on any atom is -0.347 e. The van der Waals surface area contributed by atoms with Crippen molar-refractivity contribution in [3.63, 3.8) is 0 Å². The Hall–Kier alpha value is -2.96. The highest BCUT2D eigenvalue weighted by Gasteiger charge is 2.07. The van der Waals surface area contributed by atoms with Crippen LogP contribution in [0.15, 0.2) is 42.7 Å². The highest BCUT2D eigenvalue weighted by Crippen LogP contribution is 2.07. The van der Waals surface area contributed by atoms with Crippen molar-refractivity contribution in [2.45, 2.75) is 6.42 Å². The van der Waals surface area contributed by atoms with E-state index in [9.17, 15) is 9.59 Å². The highest BCUT2D eigenvalue weighted by atomic mass is 16.2. The largest absolute Gasteiger partial charge is 0.347 e. The van der Waals surface area contributed by atoms with E-state index in [1.165, 1.54) is 12.4 Å². The summed E-state index contributed by atoms with van der Waals surface area (Å²) in [5, 5.41) is 5.21. The minimum atomic E-state index is -0.326. The SMILES string of the molecule is CN(C)c1ncc(NC(=O)CNC(=O)Cc2ccccc2)cn1. The molecule has 0 aliphatic heterocycles. The van der Waals surface area contributed by atoms with Crippen molar-refractivity contribution in [2.75, 3.05) is 30.9 Å². The van der Waals surface area contributed by atoms with E-state index in [-0.39, 0.29) is 24.8 Å².